The third kappa shape index (κ3) is 4.05. The number of anilines is 1. The average molecular weight is 372 g/mol. The first-order valence-corrected chi connectivity index (χ1v) is 8.81. The molecule has 0 radical (unpaired) electrons. The van der Waals surface area contributed by atoms with Gasteiger partial charge in [-0.05, 0) is 24.5 Å². The van der Waals surface area contributed by atoms with Crippen molar-refractivity contribution in [1.29, 1.82) is 0 Å². The third-order valence-corrected chi connectivity index (χ3v) is 4.81. The smallest absolute Gasteiger partial charge is 0.268 e. The Morgan fingerprint density at radius 2 is 2.00 bits per heavy atom. The van der Waals surface area contributed by atoms with E-state index in [1.54, 1.807) is 37.5 Å². The molecule has 0 unspecified atom stereocenters. The molecule has 0 aliphatic carbocycles. The van der Waals surface area contributed by atoms with Gasteiger partial charge in [0.2, 0.25) is 0 Å². The zero-order valence-corrected chi connectivity index (χ0v) is 15.8. The summed E-state index contributed by atoms with van der Waals surface area (Å²) < 4.78 is 11.9. The number of carbonyl (C=O) groups is 1. The van der Waals surface area contributed by atoms with Crippen LogP contribution < -0.4 is 25.2 Å². The zero-order chi connectivity index (χ0) is 19.4. The Hall–Kier alpha value is -3.03. The molecule has 1 aliphatic rings. The van der Waals surface area contributed by atoms with Crippen LogP contribution in [0.4, 0.5) is 5.69 Å². The molecule has 0 bridgehead atoms. The number of rotatable bonds is 6. The third-order valence-electron chi connectivity index (χ3n) is 4.81. The van der Waals surface area contributed by atoms with Gasteiger partial charge in [0.15, 0.2) is 0 Å². The summed E-state index contributed by atoms with van der Waals surface area (Å²) in [5.41, 5.74) is 1.08. The molecular formula is C19H24N4O4. The van der Waals surface area contributed by atoms with Crippen molar-refractivity contribution in [3.63, 3.8) is 0 Å². The number of amides is 1. The van der Waals surface area contributed by atoms with Crippen molar-refractivity contribution in [3.8, 4) is 11.5 Å². The van der Waals surface area contributed by atoms with Gasteiger partial charge >= 0.3 is 0 Å². The van der Waals surface area contributed by atoms with Crippen LogP contribution in [0.25, 0.3) is 0 Å². The Balaban J connectivity index is 1.62. The molecule has 27 heavy (non-hydrogen) atoms. The molecule has 3 rings (SSSR count). The van der Waals surface area contributed by atoms with Gasteiger partial charge in [0.05, 0.1) is 26.1 Å². The summed E-state index contributed by atoms with van der Waals surface area (Å²) >= 11 is 0. The molecule has 0 saturated carbocycles. The van der Waals surface area contributed by atoms with Crippen LogP contribution >= 0.6 is 0 Å². The number of nitrogens with one attached hydrogen (secondary N) is 1. The standard InChI is InChI=1S/C19H24N4O4/c1-22-17(24)9-14(11-21-22)23-8-7-13(12-23)10-20-19(25)18-15(26-2)5-4-6-16(18)27-3/h4-6,9,11,13H,7-8,10,12H2,1-3H3,(H,20,25)/t13-/m0/s1. The highest BCUT2D eigenvalue weighted by molar-refractivity contribution is 5.99. The van der Waals surface area contributed by atoms with Gasteiger partial charge in [-0.2, -0.15) is 5.10 Å². The Morgan fingerprint density at radius 3 is 2.63 bits per heavy atom. The monoisotopic (exact) mass is 372 g/mol. The topological polar surface area (TPSA) is 85.7 Å². The van der Waals surface area contributed by atoms with Gasteiger partial charge in [-0.15, -0.1) is 0 Å². The molecular weight excluding hydrogens is 348 g/mol. The lowest BCUT2D eigenvalue weighted by molar-refractivity contribution is 0.0942. The fourth-order valence-electron chi connectivity index (χ4n) is 3.27. The van der Waals surface area contributed by atoms with E-state index in [-0.39, 0.29) is 11.5 Å². The molecule has 2 heterocycles. The quantitative estimate of drug-likeness (QED) is 0.816. The summed E-state index contributed by atoms with van der Waals surface area (Å²) in [4.78, 5) is 26.5. The van der Waals surface area contributed by atoms with Crippen molar-refractivity contribution >= 4 is 11.6 Å². The molecule has 1 aromatic heterocycles. The molecule has 1 N–H and O–H groups in total. The van der Waals surface area contributed by atoms with Crippen LogP contribution in [0, 0.1) is 5.92 Å². The molecule has 1 aliphatic heterocycles. The lowest BCUT2D eigenvalue weighted by Gasteiger charge is -2.18. The summed E-state index contributed by atoms with van der Waals surface area (Å²) in [6.45, 7) is 2.13. The minimum absolute atomic E-state index is 0.132. The van der Waals surface area contributed by atoms with E-state index < -0.39 is 0 Å². The first-order chi connectivity index (χ1) is 13.0. The Labute approximate surface area is 157 Å². The van der Waals surface area contributed by atoms with E-state index >= 15 is 0 Å². The number of aromatic nitrogens is 2. The predicted molar refractivity (Wildman–Crippen MR) is 102 cm³/mol. The highest BCUT2D eigenvalue weighted by Gasteiger charge is 2.25. The molecule has 144 valence electrons. The predicted octanol–water partition coefficient (Wildman–Crippen LogP) is 1.05. The lowest BCUT2D eigenvalue weighted by atomic mass is 10.1. The molecule has 1 fully saturated rings. The van der Waals surface area contributed by atoms with Gasteiger partial charge in [-0.3, -0.25) is 9.59 Å². The largest absolute Gasteiger partial charge is 0.496 e. The minimum Gasteiger partial charge on any atom is -0.496 e. The maximum atomic E-state index is 12.7. The molecule has 1 amide bonds. The maximum absolute atomic E-state index is 12.7. The molecule has 1 aromatic carbocycles. The number of ether oxygens (including phenoxy) is 2. The van der Waals surface area contributed by atoms with Gasteiger partial charge in [-0.25, -0.2) is 4.68 Å². The number of hydrogen-bond donors (Lipinski definition) is 1. The number of aryl methyl sites for hydroxylation is 1. The second-order valence-electron chi connectivity index (χ2n) is 6.52. The van der Waals surface area contributed by atoms with Crippen molar-refractivity contribution in [2.24, 2.45) is 13.0 Å². The van der Waals surface area contributed by atoms with Crippen LogP contribution in [0.3, 0.4) is 0 Å². The van der Waals surface area contributed by atoms with Crippen molar-refractivity contribution in [3.05, 3.63) is 46.4 Å². The first kappa shape index (κ1) is 18.8. The van der Waals surface area contributed by atoms with Gasteiger partial charge in [-0.1, -0.05) is 6.07 Å². The van der Waals surface area contributed by atoms with E-state index in [0.717, 1.165) is 25.2 Å². The van der Waals surface area contributed by atoms with Crippen LogP contribution in [0.15, 0.2) is 35.3 Å². The van der Waals surface area contributed by atoms with E-state index in [0.29, 0.717) is 29.5 Å². The Bertz CT molecular complexity index is 858. The van der Waals surface area contributed by atoms with Gasteiger partial charge in [0.25, 0.3) is 11.5 Å². The minimum atomic E-state index is -0.224. The van der Waals surface area contributed by atoms with Gasteiger partial charge < -0.3 is 19.7 Å². The fraction of sp³-hybridized carbons (Fsp3) is 0.421. The van der Waals surface area contributed by atoms with Crippen LogP contribution in [-0.2, 0) is 7.05 Å². The van der Waals surface area contributed by atoms with Crippen LogP contribution in [0.1, 0.15) is 16.8 Å². The summed E-state index contributed by atoms with van der Waals surface area (Å²) in [5.74, 6) is 1.02. The number of methoxy groups -OCH3 is 2. The molecule has 0 spiro atoms. The van der Waals surface area contributed by atoms with E-state index in [9.17, 15) is 9.59 Å². The summed E-state index contributed by atoms with van der Waals surface area (Å²) in [6.07, 6.45) is 2.63. The van der Waals surface area contributed by atoms with Crippen molar-refractivity contribution in [2.45, 2.75) is 6.42 Å². The summed E-state index contributed by atoms with van der Waals surface area (Å²) in [5, 5.41) is 7.04. The van der Waals surface area contributed by atoms with Crippen molar-refractivity contribution < 1.29 is 14.3 Å². The van der Waals surface area contributed by atoms with Crippen molar-refractivity contribution in [1.82, 2.24) is 15.1 Å². The van der Waals surface area contributed by atoms with Crippen molar-refractivity contribution in [2.75, 3.05) is 38.8 Å². The second-order valence-corrected chi connectivity index (χ2v) is 6.52. The maximum Gasteiger partial charge on any atom is 0.268 e. The van der Waals surface area contributed by atoms with Crippen LogP contribution in [0.2, 0.25) is 0 Å². The molecule has 2 aromatic rings. The molecule has 1 saturated heterocycles. The second kappa shape index (κ2) is 8.11. The summed E-state index contributed by atoms with van der Waals surface area (Å²) in [6, 6.07) is 6.84. The SMILES string of the molecule is COc1cccc(OC)c1C(=O)NC[C@@H]1CCN(c2cnn(C)c(=O)c2)C1. The number of hydrogen-bond acceptors (Lipinski definition) is 6. The number of nitrogens with zero attached hydrogens (tertiary/aromatic N) is 3. The zero-order valence-electron chi connectivity index (χ0n) is 15.8. The highest BCUT2D eigenvalue weighted by atomic mass is 16.5. The van der Waals surface area contributed by atoms with E-state index in [4.69, 9.17) is 9.47 Å². The van der Waals surface area contributed by atoms with Gasteiger partial charge in [0, 0.05) is 32.7 Å². The summed E-state index contributed by atoms with van der Waals surface area (Å²) in [7, 11) is 4.68. The first-order valence-electron chi connectivity index (χ1n) is 8.81. The van der Waals surface area contributed by atoms with Gasteiger partial charge in [0.1, 0.15) is 17.1 Å². The Kier molecular flexibility index (Phi) is 5.63. The Morgan fingerprint density at radius 1 is 1.30 bits per heavy atom. The van der Waals surface area contributed by atoms with E-state index in [1.165, 1.54) is 18.9 Å². The fourth-order valence-corrected chi connectivity index (χ4v) is 3.27. The molecule has 8 nitrogen and oxygen atoms in total. The lowest BCUT2D eigenvalue weighted by Crippen LogP contribution is -2.32. The van der Waals surface area contributed by atoms with E-state index in [1.807, 2.05) is 0 Å². The number of carbonyl (C=O) groups excluding carboxylic acids is 1. The molecule has 1 atom stereocenters. The van der Waals surface area contributed by atoms with Crippen LogP contribution in [-0.4, -0.2) is 49.5 Å². The number of benzene rings is 1. The normalized spacial score (nSPS) is 16.3. The van der Waals surface area contributed by atoms with Crippen LogP contribution in [0.5, 0.6) is 11.5 Å². The molecule has 8 heteroatoms. The van der Waals surface area contributed by atoms with E-state index in [2.05, 4.69) is 15.3 Å². The highest BCUT2D eigenvalue weighted by Crippen LogP contribution is 2.28. The average Bonchev–Trinajstić information content (AvgIpc) is 3.16.